The number of pyridine rings is 1. The van der Waals surface area contributed by atoms with E-state index in [1.807, 2.05) is 31.2 Å². The van der Waals surface area contributed by atoms with Crippen LogP contribution in [-0.4, -0.2) is 25.1 Å². The molecule has 0 unspecified atom stereocenters. The largest absolute Gasteiger partial charge is 0.493 e. The Morgan fingerprint density at radius 1 is 1.22 bits per heavy atom. The standard InChI is InChI=1S/C17H19BrN2O3/c1-11-8-16(19-10-13(11)18)20-17(21)7-5-12-4-6-14(22-2)15(9-12)23-3/h4,6,8-10H,5,7H2,1-3H3,(H,19,20,21). The fourth-order valence-electron chi connectivity index (χ4n) is 2.11. The highest BCUT2D eigenvalue weighted by molar-refractivity contribution is 9.10. The number of benzene rings is 1. The minimum Gasteiger partial charge on any atom is -0.493 e. The molecule has 0 aliphatic rings. The lowest BCUT2D eigenvalue weighted by Gasteiger charge is -2.10. The molecule has 0 saturated heterocycles. The second kappa shape index (κ2) is 7.97. The predicted octanol–water partition coefficient (Wildman–Crippen LogP) is 3.74. The molecule has 0 radical (unpaired) electrons. The van der Waals surface area contributed by atoms with Gasteiger partial charge in [0.05, 0.1) is 14.2 Å². The lowest BCUT2D eigenvalue weighted by Crippen LogP contribution is -2.13. The predicted molar refractivity (Wildman–Crippen MR) is 93.2 cm³/mol. The number of nitrogens with one attached hydrogen (secondary N) is 1. The summed E-state index contributed by atoms with van der Waals surface area (Å²) in [5.41, 5.74) is 2.04. The first-order valence-electron chi connectivity index (χ1n) is 7.16. The quantitative estimate of drug-likeness (QED) is 0.831. The molecule has 1 N–H and O–H groups in total. The zero-order valence-electron chi connectivity index (χ0n) is 13.4. The molecule has 5 nitrogen and oxygen atoms in total. The number of aromatic nitrogens is 1. The van der Waals surface area contributed by atoms with Crippen LogP contribution in [0.5, 0.6) is 11.5 Å². The second-order valence-electron chi connectivity index (χ2n) is 5.06. The van der Waals surface area contributed by atoms with Crippen LogP contribution in [0, 0.1) is 6.92 Å². The molecule has 0 spiro atoms. The highest BCUT2D eigenvalue weighted by atomic mass is 79.9. The van der Waals surface area contributed by atoms with Gasteiger partial charge in [0.25, 0.3) is 0 Å². The summed E-state index contributed by atoms with van der Waals surface area (Å²) in [6.45, 7) is 1.95. The van der Waals surface area contributed by atoms with Crippen molar-refractivity contribution in [3.8, 4) is 11.5 Å². The molecule has 6 heteroatoms. The van der Waals surface area contributed by atoms with Gasteiger partial charge in [0.15, 0.2) is 11.5 Å². The van der Waals surface area contributed by atoms with E-state index in [1.54, 1.807) is 20.4 Å². The normalized spacial score (nSPS) is 10.3. The molecule has 23 heavy (non-hydrogen) atoms. The average Bonchev–Trinajstić information content (AvgIpc) is 2.56. The molecule has 2 aromatic rings. The second-order valence-corrected chi connectivity index (χ2v) is 5.91. The van der Waals surface area contributed by atoms with Gasteiger partial charge < -0.3 is 14.8 Å². The fraction of sp³-hybridized carbons (Fsp3) is 0.294. The monoisotopic (exact) mass is 378 g/mol. The zero-order valence-corrected chi connectivity index (χ0v) is 14.9. The number of anilines is 1. The third-order valence-electron chi connectivity index (χ3n) is 3.40. The van der Waals surface area contributed by atoms with Crippen molar-refractivity contribution in [2.75, 3.05) is 19.5 Å². The number of methoxy groups -OCH3 is 2. The van der Waals surface area contributed by atoms with Gasteiger partial charge in [0.1, 0.15) is 5.82 Å². The van der Waals surface area contributed by atoms with Gasteiger partial charge in [-0.3, -0.25) is 4.79 Å². The minimum atomic E-state index is -0.0750. The Morgan fingerprint density at radius 2 is 1.96 bits per heavy atom. The molecule has 2 rings (SSSR count). The number of carbonyl (C=O) groups is 1. The number of amides is 1. The highest BCUT2D eigenvalue weighted by Crippen LogP contribution is 2.28. The summed E-state index contributed by atoms with van der Waals surface area (Å²) in [6.07, 6.45) is 2.66. The van der Waals surface area contributed by atoms with Crippen LogP contribution in [0.4, 0.5) is 5.82 Å². The van der Waals surface area contributed by atoms with E-state index >= 15 is 0 Å². The molecule has 0 atom stereocenters. The van der Waals surface area contributed by atoms with E-state index in [0.29, 0.717) is 30.2 Å². The molecule has 0 fully saturated rings. The van der Waals surface area contributed by atoms with Crippen LogP contribution < -0.4 is 14.8 Å². The van der Waals surface area contributed by atoms with Crippen LogP contribution in [0.2, 0.25) is 0 Å². The van der Waals surface area contributed by atoms with Gasteiger partial charge in [0.2, 0.25) is 5.91 Å². The Morgan fingerprint density at radius 3 is 2.61 bits per heavy atom. The van der Waals surface area contributed by atoms with Crippen molar-refractivity contribution in [2.24, 2.45) is 0 Å². The third kappa shape index (κ3) is 4.69. The zero-order chi connectivity index (χ0) is 16.8. The summed E-state index contributed by atoms with van der Waals surface area (Å²) >= 11 is 3.38. The van der Waals surface area contributed by atoms with Crippen molar-refractivity contribution in [2.45, 2.75) is 19.8 Å². The van der Waals surface area contributed by atoms with Gasteiger partial charge in [0, 0.05) is 17.1 Å². The maximum atomic E-state index is 12.0. The van der Waals surface area contributed by atoms with E-state index < -0.39 is 0 Å². The van der Waals surface area contributed by atoms with E-state index in [9.17, 15) is 4.79 Å². The third-order valence-corrected chi connectivity index (χ3v) is 4.23. The lowest BCUT2D eigenvalue weighted by molar-refractivity contribution is -0.116. The van der Waals surface area contributed by atoms with Crippen molar-refractivity contribution in [1.29, 1.82) is 0 Å². The Hall–Kier alpha value is -2.08. The SMILES string of the molecule is COc1ccc(CCC(=O)Nc2cc(C)c(Br)cn2)cc1OC. The molecule has 1 aromatic heterocycles. The molecule has 1 aromatic carbocycles. The van der Waals surface area contributed by atoms with Crippen LogP contribution in [0.3, 0.4) is 0 Å². The maximum absolute atomic E-state index is 12.0. The van der Waals surface area contributed by atoms with Crippen molar-refractivity contribution in [1.82, 2.24) is 4.98 Å². The number of hydrogen-bond acceptors (Lipinski definition) is 4. The van der Waals surface area contributed by atoms with Crippen LogP contribution in [0.15, 0.2) is 34.9 Å². The van der Waals surface area contributed by atoms with Gasteiger partial charge in [-0.15, -0.1) is 0 Å². The van der Waals surface area contributed by atoms with Crippen LogP contribution in [-0.2, 0) is 11.2 Å². The molecule has 1 amide bonds. The van der Waals surface area contributed by atoms with Crippen LogP contribution in [0.25, 0.3) is 0 Å². The molecule has 0 aliphatic heterocycles. The van der Waals surface area contributed by atoms with E-state index in [4.69, 9.17) is 9.47 Å². The molecule has 1 heterocycles. The highest BCUT2D eigenvalue weighted by Gasteiger charge is 2.08. The molecular weight excluding hydrogens is 360 g/mol. The average molecular weight is 379 g/mol. The van der Waals surface area contributed by atoms with Crippen LogP contribution >= 0.6 is 15.9 Å². The van der Waals surface area contributed by atoms with Crippen LogP contribution in [0.1, 0.15) is 17.5 Å². The van der Waals surface area contributed by atoms with Gasteiger partial charge >= 0.3 is 0 Å². The first kappa shape index (κ1) is 17.3. The van der Waals surface area contributed by atoms with E-state index in [0.717, 1.165) is 15.6 Å². The number of halogens is 1. The smallest absolute Gasteiger partial charge is 0.225 e. The van der Waals surface area contributed by atoms with Gasteiger partial charge in [-0.2, -0.15) is 0 Å². The fourth-order valence-corrected chi connectivity index (χ4v) is 2.32. The first-order valence-corrected chi connectivity index (χ1v) is 7.95. The number of ether oxygens (including phenoxy) is 2. The Bertz CT molecular complexity index is 704. The Kier molecular flexibility index (Phi) is 5.98. The van der Waals surface area contributed by atoms with Crippen molar-refractivity contribution in [3.05, 3.63) is 46.1 Å². The van der Waals surface area contributed by atoms with E-state index in [-0.39, 0.29) is 5.91 Å². The lowest BCUT2D eigenvalue weighted by atomic mass is 10.1. The Labute approximate surface area is 144 Å². The van der Waals surface area contributed by atoms with Gasteiger partial charge in [-0.05, 0) is 58.6 Å². The first-order chi connectivity index (χ1) is 11.0. The minimum absolute atomic E-state index is 0.0750. The van der Waals surface area contributed by atoms with Gasteiger partial charge in [-0.25, -0.2) is 4.98 Å². The molecule has 0 saturated carbocycles. The van der Waals surface area contributed by atoms with E-state index in [2.05, 4.69) is 26.2 Å². The molecule has 0 aliphatic carbocycles. The molecule has 122 valence electrons. The number of nitrogens with zero attached hydrogens (tertiary/aromatic N) is 1. The topological polar surface area (TPSA) is 60.5 Å². The summed E-state index contributed by atoms with van der Waals surface area (Å²) in [4.78, 5) is 16.2. The maximum Gasteiger partial charge on any atom is 0.225 e. The van der Waals surface area contributed by atoms with Crippen molar-refractivity contribution in [3.63, 3.8) is 0 Å². The summed E-state index contributed by atoms with van der Waals surface area (Å²) < 4.78 is 11.4. The van der Waals surface area contributed by atoms with Crippen molar-refractivity contribution < 1.29 is 14.3 Å². The molecule has 0 bridgehead atoms. The number of hydrogen-bond donors (Lipinski definition) is 1. The molecular formula is C17H19BrN2O3. The summed E-state index contributed by atoms with van der Waals surface area (Å²) in [7, 11) is 3.19. The Balaban J connectivity index is 1.95. The summed E-state index contributed by atoms with van der Waals surface area (Å²) in [5, 5.41) is 2.80. The number of carbonyl (C=O) groups excluding carboxylic acids is 1. The van der Waals surface area contributed by atoms with Crippen molar-refractivity contribution >= 4 is 27.7 Å². The van der Waals surface area contributed by atoms with E-state index in [1.165, 1.54) is 0 Å². The van der Waals surface area contributed by atoms with Gasteiger partial charge in [-0.1, -0.05) is 6.07 Å². The number of aryl methyl sites for hydroxylation is 2. The summed E-state index contributed by atoms with van der Waals surface area (Å²) in [6, 6.07) is 7.48. The number of rotatable bonds is 6. The summed E-state index contributed by atoms with van der Waals surface area (Å²) in [5.74, 6) is 1.82.